The van der Waals surface area contributed by atoms with E-state index >= 15 is 0 Å². The standard InChI is InChI=1S/C19H14O9/c1-9(27-16(23)8-20)26-15(22)7-13(21)14-6-12-17(24)10-4-2-3-5-11(10)18(25)19(12)28-14/h2-6,9,20H,7-8H2,1H3. The number of ketones is 3. The van der Waals surface area contributed by atoms with E-state index in [1.807, 2.05) is 0 Å². The highest BCUT2D eigenvalue weighted by Gasteiger charge is 2.34. The van der Waals surface area contributed by atoms with Gasteiger partial charge >= 0.3 is 11.9 Å². The maximum absolute atomic E-state index is 12.5. The molecule has 0 saturated carbocycles. The lowest BCUT2D eigenvalue weighted by Gasteiger charge is -2.12. The van der Waals surface area contributed by atoms with Crippen molar-refractivity contribution in [3.8, 4) is 0 Å². The number of carbonyl (C=O) groups is 5. The van der Waals surface area contributed by atoms with Gasteiger partial charge in [-0.2, -0.15) is 0 Å². The molecule has 9 heteroatoms. The van der Waals surface area contributed by atoms with Gasteiger partial charge < -0.3 is 19.0 Å². The Kier molecular flexibility index (Phi) is 5.18. The summed E-state index contributed by atoms with van der Waals surface area (Å²) in [5.41, 5.74) is 0.330. The Morgan fingerprint density at radius 2 is 1.61 bits per heavy atom. The van der Waals surface area contributed by atoms with Crippen molar-refractivity contribution in [2.45, 2.75) is 19.6 Å². The number of benzene rings is 1. The third-order valence-corrected chi connectivity index (χ3v) is 3.90. The Bertz CT molecular complexity index is 946. The fourth-order valence-corrected chi connectivity index (χ4v) is 2.70. The molecule has 1 atom stereocenters. The van der Waals surface area contributed by atoms with Gasteiger partial charge in [-0.1, -0.05) is 24.3 Å². The Morgan fingerprint density at radius 3 is 2.25 bits per heavy atom. The molecule has 1 heterocycles. The van der Waals surface area contributed by atoms with Crippen LogP contribution in [0.4, 0.5) is 0 Å². The van der Waals surface area contributed by atoms with Gasteiger partial charge in [0.05, 0.1) is 5.56 Å². The number of rotatable bonds is 6. The Morgan fingerprint density at radius 1 is 1.00 bits per heavy atom. The Hall–Kier alpha value is -3.59. The number of hydrogen-bond donors (Lipinski definition) is 1. The molecular formula is C19H14O9. The van der Waals surface area contributed by atoms with Gasteiger partial charge in [0.15, 0.2) is 17.3 Å². The lowest BCUT2D eigenvalue weighted by Crippen LogP contribution is -2.24. The fourth-order valence-electron chi connectivity index (χ4n) is 2.70. The van der Waals surface area contributed by atoms with Crippen molar-refractivity contribution in [3.63, 3.8) is 0 Å². The molecule has 0 radical (unpaired) electrons. The molecule has 28 heavy (non-hydrogen) atoms. The molecule has 0 amide bonds. The number of furan rings is 1. The van der Waals surface area contributed by atoms with Gasteiger partial charge in [0.25, 0.3) is 0 Å². The summed E-state index contributed by atoms with van der Waals surface area (Å²) in [5.74, 6) is -4.41. The van der Waals surface area contributed by atoms with Gasteiger partial charge in [0.1, 0.15) is 13.0 Å². The average Bonchev–Trinajstić information content (AvgIpc) is 3.12. The maximum atomic E-state index is 12.5. The smallest absolute Gasteiger partial charge is 0.334 e. The lowest BCUT2D eigenvalue weighted by atomic mass is 9.88. The quantitative estimate of drug-likeness (QED) is 0.285. The zero-order valence-corrected chi connectivity index (χ0v) is 14.6. The van der Waals surface area contributed by atoms with E-state index in [1.165, 1.54) is 19.1 Å². The number of ether oxygens (including phenoxy) is 2. The predicted octanol–water partition coefficient (Wildman–Crippen LogP) is 1.05. The minimum absolute atomic E-state index is 0.0503. The number of hydrogen-bond acceptors (Lipinski definition) is 9. The minimum atomic E-state index is -1.30. The normalized spacial score (nSPS) is 13.4. The van der Waals surface area contributed by atoms with Crippen LogP contribution in [0.2, 0.25) is 0 Å². The molecule has 1 aromatic carbocycles. The van der Waals surface area contributed by atoms with Crippen molar-refractivity contribution < 1.29 is 43.0 Å². The van der Waals surface area contributed by atoms with Crippen molar-refractivity contribution in [1.29, 1.82) is 0 Å². The van der Waals surface area contributed by atoms with E-state index in [1.54, 1.807) is 12.1 Å². The van der Waals surface area contributed by atoms with E-state index < -0.39 is 48.6 Å². The van der Waals surface area contributed by atoms with Crippen molar-refractivity contribution in [2.24, 2.45) is 0 Å². The SMILES string of the molecule is CC(OC(=O)CO)OC(=O)CC(=O)c1cc2c(o1)C(=O)c1ccccc1C2=O. The lowest BCUT2D eigenvalue weighted by molar-refractivity contribution is -0.185. The van der Waals surface area contributed by atoms with Crippen LogP contribution < -0.4 is 0 Å². The molecule has 1 aliphatic rings. The molecule has 9 nitrogen and oxygen atoms in total. The topological polar surface area (TPSA) is 137 Å². The summed E-state index contributed by atoms with van der Waals surface area (Å²) in [7, 11) is 0. The molecule has 1 aromatic heterocycles. The van der Waals surface area contributed by atoms with Gasteiger partial charge in [-0.25, -0.2) is 4.79 Å². The van der Waals surface area contributed by atoms with Crippen LogP contribution >= 0.6 is 0 Å². The van der Waals surface area contributed by atoms with Crippen LogP contribution in [0.25, 0.3) is 0 Å². The molecule has 0 aliphatic heterocycles. The molecule has 3 rings (SSSR count). The fraction of sp³-hybridized carbons (Fsp3) is 0.211. The highest BCUT2D eigenvalue weighted by atomic mass is 16.7. The predicted molar refractivity (Wildman–Crippen MR) is 89.7 cm³/mol. The second-order valence-corrected chi connectivity index (χ2v) is 5.86. The molecule has 2 aromatic rings. The van der Waals surface area contributed by atoms with Crippen LogP contribution in [0.15, 0.2) is 34.7 Å². The third-order valence-electron chi connectivity index (χ3n) is 3.90. The van der Waals surface area contributed by atoms with E-state index in [0.29, 0.717) is 0 Å². The van der Waals surface area contributed by atoms with E-state index in [2.05, 4.69) is 4.74 Å². The van der Waals surface area contributed by atoms with Gasteiger partial charge in [0.2, 0.25) is 17.9 Å². The van der Waals surface area contributed by atoms with Crippen molar-refractivity contribution in [2.75, 3.05) is 6.61 Å². The largest absolute Gasteiger partial charge is 0.449 e. The summed E-state index contributed by atoms with van der Waals surface area (Å²) in [6.45, 7) is 0.347. The van der Waals surface area contributed by atoms with Gasteiger partial charge in [-0.15, -0.1) is 0 Å². The Balaban J connectivity index is 1.73. The molecule has 0 fully saturated rings. The number of Topliss-reactive ketones (excluding diaryl/α,β-unsaturated/α-hetero) is 1. The van der Waals surface area contributed by atoms with Gasteiger partial charge in [-0.3, -0.25) is 19.2 Å². The summed E-state index contributed by atoms with van der Waals surface area (Å²) >= 11 is 0. The second kappa shape index (κ2) is 7.57. The summed E-state index contributed by atoms with van der Waals surface area (Å²) < 4.78 is 14.5. The molecule has 0 spiro atoms. The van der Waals surface area contributed by atoms with Crippen LogP contribution in [0, 0.1) is 0 Å². The van der Waals surface area contributed by atoms with Gasteiger partial charge in [-0.05, 0) is 6.07 Å². The number of fused-ring (bicyclic) bond motifs is 2. The first kappa shape index (κ1) is 19.2. The Labute approximate surface area is 157 Å². The monoisotopic (exact) mass is 386 g/mol. The molecule has 1 N–H and O–H groups in total. The van der Waals surface area contributed by atoms with Crippen molar-refractivity contribution in [3.05, 3.63) is 58.5 Å². The van der Waals surface area contributed by atoms with Crippen LogP contribution in [-0.2, 0) is 19.1 Å². The molecule has 1 aliphatic carbocycles. The van der Waals surface area contributed by atoms with E-state index in [9.17, 15) is 24.0 Å². The first-order valence-corrected chi connectivity index (χ1v) is 8.17. The molecule has 0 bridgehead atoms. The average molecular weight is 386 g/mol. The molecular weight excluding hydrogens is 372 g/mol. The first-order valence-electron chi connectivity index (χ1n) is 8.17. The van der Waals surface area contributed by atoms with Gasteiger partial charge in [0, 0.05) is 18.1 Å². The van der Waals surface area contributed by atoms with Crippen LogP contribution in [-0.4, -0.2) is 47.3 Å². The molecule has 1 unspecified atom stereocenters. The highest BCUT2D eigenvalue weighted by Crippen LogP contribution is 2.30. The third kappa shape index (κ3) is 3.60. The van der Waals surface area contributed by atoms with Crippen LogP contribution in [0.1, 0.15) is 55.9 Å². The number of esters is 2. The first-order chi connectivity index (χ1) is 13.3. The molecule has 144 valence electrons. The summed E-state index contributed by atoms with van der Waals surface area (Å²) in [6.07, 6.45) is -2.06. The summed E-state index contributed by atoms with van der Waals surface area (Å²) in [4.78, 5) is 59.9. The highest BCUT2D eigenvalue weighted by molar-refractivity contribution is 6.28. The minimum Gasteiger partial charge on any atom is -0.449 e. The van der Waals surface area contributed by atoms with Crippen LogP contribution in [0.3, 0.4) is 0 Å². The number of carbonyl (C=O) groups excluding carboxylic acids is 5. The zero-order chi connectivity index (χ0) is 20.4. The zero-order valence-electron chi connectivity index (χ0n) is 14.6. The van der Waals surface area contributed by atoms with E-state index in [0.717, 1.165) is 6.07 Å². The summed E-state index contributed by atoms with van der Waals surface area (Å²) in [5, 5.41) is 8.56. The second-order valence-electron chi connectivity index (χ2n) is 5.86. The maximum Gasteiger partial charge on any atom is 0.334 e. The van der Waals surface area contributed by atoms with Crippen molar-refractivity contribution in [1.82, 2.24) is 0 Å². The van der Waals surface area contributed by atoms with E-state index in [4.69, 9.17) is 14.3 Å². The molecule has 0 saturated heterocycles. The summed E-state index contributed by atoms with van der Waals surface area (Å²) in [6, 6.07) is 7.32. The van der Waals surface area contributed by atoms with E-state index in [-0.39, 0.29) is 28.2 Å². The number of aliphatic hydroxyl groups excluding tert-OH is 1. The number of aliphatic hydroxyl groups is 1. The van der Waals surface area contributed by atoms with Crippen molar-refractivity contribution >= 4 is 29.3 Å². The van der Waals surface area contributed by atoms with Crippen LogP contribution in [0.5, 0.6) is 0 Å².